The highest BCUT2D eigenvalue weighted by molar-refractivity contribution is 6.01. The highest BCUT2D eigenvalue weighted by Gasteiger charge is 2.26. The van der Waals surface area contributed by atoms with Gasteiger partial charge in [0.2, 0.25) is 0 Å². The van der Waals surface area contributed by atoms with Gasteiger partial charge < -0.3 is 9.84 Å². The third-order valence-electron chi connectivity index (χ3n) is 1.30. The van der Waals surface area contributed by atoms with E-state index >= 15 is 0 Å². The summed E-state index contributed by atoms with van der Waals surface area (Å²) in [5.74, 6) is -2.78. The molecular formula is C8H12O5. The van der Waals surface area contributed by atoms with Crippen molar-refractivity contribution in [2.45, 2.75) is 32.8 Å². The van der Waals surface area contributed by atoms with Crippen molar-refractivity contribution >= 4 is 17.7 Å². The van der Waals surface area contributed by atoms with Crippen LogP contribution in [0, 0.1) is 0 Å². The molecule has 0 aromatic carbocycles. The number of aliphatic carboxylic acids is 1. The molecule has 0 aliphatic rings. The van der Waals surface area contributed by atoms with E-state index in [-0.39, 0.29) is 6.42 Å². The summed E-state index contributed by atoms with van der Waals surface area (Å²) in [7, 11) is 0. The monoisotopic (exact) mass is 188 g/mol. The first-order chi connectivity index (χ1) is 5.99. The molecule has 0 rings (SSSR count). The maximum absolute atomic E-state index is 10.8. The minimum atomic E-state index is -1.65. The smallest absolute Gasteiger partial charge is 0.352 e. The molecule has 1 atom stereocenters. The van der Waals surface area contributed by atoms with E-state index in [4.69, 9.17) is 5.11 Å². The molecule has 0 aliphatic heterocycles. The standard InChI is InChI=1S/C8H12O5/c1-3-4-6(10)13-7(5(2)9)8(11)12/h7H,3-4H2,1-2H3,(H,11,12). The van der Waals surface area contributed by atoms with Gasteiger partial charge in [-0.1, -0.05) is 6.92 Å². The number of Topliss-reactive ketones (excluding diaryl/α,β-unsaturated/α-hetero) is 1. The molecule has 0 aliphatic carbocycles. The Kier molecular flexibility index (Phi) is 4.72. The third kappa shape index (κ3) is 4.25. The number of hydrogen-bond acceptors (Lipinski definition) is 4. The Labute approximate surface area is 75.7 Å². The lowest BCUT2D eigenvalue weighted by Crippen LogP contribution is -2.33. The van der Waals surface area contributed by atoms with Gasteiger partial charge in [-0.05, 0) is 13.3 Å². The summed E-state index contributed by atoms with van der Waals surface area (Å²) in [6.45, 7) is 2.82. The van der Waals surface area contributed by atoms with Crippen molar-refractivity contribution in [3.8, 4) is 0 Å². The van der Waals surface area contributed by atoms with E-state index in [1.807, 2.05) is 0 Å². The van der Waals surface area contributed by atoms with E-state index in [0.29, 0.717) is 6.42 Å². The number of ketones is 1. The number of carbonyl (C=O) groups excluding carboxylic acids is 2. The van der Waals surface area contributed by atoms with E-state index < -0.39 is 23.8 Å². The molecule has 1 unspecified atom stereocenters. The second-order valence-corrected chi connectivity index (χ2v) is 2.57. The molecule has 0 saturated carbocycles. The fraction of sp³-hybridized carbons (Fsp3) is 0.625. The number of rotatable bonds is 5. The van der Waals surface area contributed by atoms with Gasteiger partial charge in [-0.3, -0.25) is 9.59 Å². The summed E-state index contributed by atoms with van der Waals surface area (Å²) in [5, 5.41) is 8.46. The fourth-order valence-electron chi connectivity index (χ4n) is 0.702. The summed E-state index contributed by atoms with van der Waals surface area (Å²) < 4.78 is 4.43. The van der Waals surface area contributed by atoms with Crippen LogP contribution in [-0.2, 0) is 19.1 Å². The van der Waals surface area contributed by atoms with Crippen LogP contribution in [0.1, 0.15) is 26.7 Å². The molecule has 0 heterocycles. The minimum absolute atomic E-state index is 0.122. The zero-order valence-corrected chi connectivity index (χ0v) is 7.57. The summed E-state index contributed by atoms with van der Waals surface area (Å²) in [6, 6.07) is 0. The van der Waals surface area contributed by atoms with Crippen molar-refractivity contribution in [1.29, 1.82) is 0 Å². The molecular weight excluding hydrogens is 176 g/mol. The third-order valence-corrected chi connectivity index (χ3v) is 1.30. The minimum Gasteiger partial charge on any atom is -0.478 e. The summed E-state index contributed by atoms with van der Waals surface area (Å²) in [6.07, 6.45) is -0.973. The number of hydrogen-bond donors (Lipinski definition) is 1. The highest BCUT2D eigenvalue weighted by atomic mass is 16.6. The predicted octanol–water partition coefficient (Wildman–Crippen LogP) is 0.372. The summed E-state index contributed by atoms with van der Waals surface area (Å²) in [5.41, 5.74) is 0. The van der Waals surface area contributed by atoms with E-state index in [9.17, 15) is 14.4 Å². The molecule has 0 aromatic heterocycles. The number of carboxylic acids is 1. The molecule has 0 bridgehead atoms. The van der Waals surface area contributed by atoms with Crippen LogP contribution >= 0.6 is 0 Å². The van der Waals surface area contributed by atoms with Crippen LogP contribution < -0.4 is 0 Å². The largest absolute Gasteiger partial charge is 0.478 e. The lowest BCUT2D eigenvalue weighted by Gasteiger charge is -2.09. The molecule has 5 heteroatoms. The van der Waals surface area contributed by atoms with Crippen LogP contribution in [0.5, 0.6) is 0 Å². The maximum Gasteiger partial charge on any atom is 0.352 e. The van der Waals surface area contributed by atoms with Crippen LogP contribution in [0.3, 0.4) is 0 Å². The fourth-order valence-corrected chi connectivity index (χ4v) is 0.702. The maximum atomic E-state index is 10.8. The average molecular weight is 188 g/mol. The lowest BCUT2D eigenvalue weighted by atomic mass is 10.2. The molecule has 0 aromatic rings. The first kappa shape index (κ1) is 11.6. The molecule has 0 radical (unpaired) electrons. The van der Waals surface area contributed by atoms with Gasteiger partial charge in [-0.2, -0.15) is 0 Å². The Morgan fingerprint density at radius 1 is 1.38 bits per heavy atom. The van der Waals surface area contributed by atoms with Crippen LogP contribution in [0.25, 0.3) is 0 Å². The van der Waals surface area contributed by atoms with E-state index in [2.05, 4.69) is 4.74 Å². The molecule has 13 heavy (non-hydrogen) atoms. The van der Waals surface area contributed by atoms with Gasteiger partial charge in [-0.25, -0.2) is 4.79 Å². The highest BCUT2D eigenvalue weighted by Crippen LogP contribution is 1.99. The van der Waals surface area contributed by atoms with E-state index in [1.165, 1.54) is 0 Å². The van der Waals surface area contributed by atoms with E-state index in [1.54, 1.807) is 6.92 Å². The molecule has 1 N–H and O–H groups in total. The Bertz CT molecular complexity index is 207. The van der Waals surface area contributed by atoms with Crippen molar-refractivity contribution in [2.24, 2.45) is 0 Å². The van der Waals surface area contributed by atoms with Gasteiger partial charge in [0.1, 0.15) is 0 Å². The summed E-state index contributed by atoms with van der Waals surface area (Å²) in [4.78, 5) is 31.9. The zero-order chi connectivity index (χ0) is 10.4. The van der Waals surface area contributed by atoms with Crippen LogP contribution in [0.15, 0.2) is 0 Å². The molecule has 0 fully saturated rings. The lowest BCUT2D eigenvalue weighted by molar-refractivity contribution is -0.167. The van der Waals surface area contributed by atoms with Gasteiger partial charge >= 0.3 is 11.9 Å². The second-order valence-electron chi connectivity index (χ2n) is 2.57. The Hall–Kier alpha value is -1.39. The average Bonchev–Trinajstić information content (AvgIpc) is 1.99. The number of carbonyl (C=O) groups is 3. The molecule has 0 saturated heterocycles. The van der Waals surface area contributed by atoms with Crippen molar-refractivity contribution in [1.82, 2.24) is 0 Å². The van der Waals surface area contributed by atoms with E-state index in [0.717, 1.165) is 6.92 Å². The van der Waals surface area contributed by atoms with Crippen molar-refractivity contribution in [3.05, 3.63) is 0 Å². The molecule has 0 spiro atoms. The first-order valence-electron chi connectivity index (χ1n) is 3.91. The van der Waals surface area contributed by atoms with Crippen LogP contribution in [-0.4, -0.2) is 28.9 Å². The van der Waals surface area contributed by atoms with Crippen LogP contribution in [0.4, 0.5) is 0 Å². The quantitative estimate of drug-likeness (QED) is 0.498. The van der Waals surface area contributed by atoms with Gasteiger partial charge in [0.15, 0.2) is 5.78 Å². The Balaban J connectivity index is 4.19. The van der Waals surface area contributed by atoms with Crippen LogP contribution in [0.2, 0.25) is 0 Å². The first-order valence-corrected chi connectivity index (χ1v) is 3.91. The normalized spacial score (nSPS) is 11.8. The van der Waals surface area contributed by atoms with Gasteiger partial charge in [0.25, 0.3) is 6.10 Å². The molecule has 0 amide bonds. The molecule has 5 nitrogen and oxygen atoms in total. The Morgan fingerprint density at radius 3 is 2.23 bits per heavy atom. The van der Waals surface area contributed by atoms with Gasteiger partial charge in [-0.15, -0.1) is 0 Å². The number of carboxylic acid groups (broad SMARTS) is 1. The van der Waals surface area contributed by atoms with Gasteiger partial charge in [0.05, 0.1) is 0 Å². The Morgan fingerprint density at radius 2 is 1.92 bits per heavy atom. The second kappa shape index (κ2) is 5.29. The zero-order valence-electron chi connectivity index (χ0n) is 7.57. The molecule has 74 valence electrons. The van der Waals surface area contributed by atoms with Gasteiger partial charge in [0, 0.05) is 6.42 Å². The SMILES string of the molecule is CCCC(=O)OC(C(C)=O)C(=O)O. The number of ether oxygens (including phenoxy) is 1. The topological polar surface area (TPSA) is 80.7 Å². The van der Waals surface area contributed by atoms with Crippen molar-refractivity contribution in [3.63, 3.8) is 0 Å². The number of esters is 1. The predicted molar refractivity (Wildman–Crippen MR) is 43.1 cm³/mol. The summed E-state index contributed by atoms with van der Waals surface area (Å²) >= 11 is 0. The van der Waals surface area contributed by atoms with Crippen molar-refractivity contribution in [2.75, 3.05) is 0 Å². The van der Waals surface area contributed by atoms with Crippen molar-refractivity contribution < 1.29 is 24.2 Å².